The average molecular weight is 255 g/mol. The normalized spacial score (nSPS) is 13.9. The number of aromatic nitrogens is 2. The number of hydrogen-bond donors (Lipinski definition) is 2. The van der Waals surface area contributed by atoms with Crippen LogP contribution in [0.1, 0.15) is 24.1 Å². The zero-order chi connectivity index (χ0) is 13.2. The minimum atomic E-state index is 0.260. The molecular weight excluding hydrogens is 238 g/mol. The lowest BCUT2D eigenvalue weighted by Gasteiger charge is -2.18. The van der Waals surface area contributed by atoms with Crippen LogP contribution in [0.4, 0.5) is 5.82 Å². The zero-order valence-corrected chi connectivity index (χ0v) is 11.0. The van der Waals surface area contributed by atoms with Crippen LogP contribution in [-0.4, -0.2) is 22.1 Å². The van der Waals surface area contributed by atoms with Crippen molar-refractivity contribution in [1.82, 2.24) is 9.97 Å². The summed E-state index contributed by atoms with van der Waals surface area (Å²) in [6.45, 7) is 0. The Bertz CT molecular complexity index is 576. The first kappa shape index (κ1) is 12.0. The fourth-order valence-electron chi connectivity index (χ4n) is 2.54. The van der Waals surface area contributed by atoms with Crippen molar-refractivity contribution < 1.29 is 5.11 Å². The van der Waals surface area contributed by atoms with Crippen molar-refractivity contribution in [2.45, 2.75) is 25.7 Å². The van der Waals surface area contributed by atoms with Crippen molar-refractivity contribution in [3.8, 4) is 17.1 Å². The van der Waals surface area contributed by atoms with Crippen LogP contribution in [-0.2, 0) is 12.8 Å². The number of aromatic hydroxyl groups is 1. The molecule has 2 N–H and O–H groups in total. The van der Waals surface area contributed by atoms with Gasteiger partial charge < -0.3 is 10.4 Å². The minimum Gasteiger partial charge on any atom is -0.508 e. The van der Waals surface area contributed by atoms with Gasteiger partial charge in [-0.15, -0.1) is 0 Å². The maximum Gasteiger partial charge on any atom is 0.161 e. The van der Waals surface area contributed by atoms with Crippen LogP contribution in [0, 0.1) is 0 Å². The van der Waals surface area contributed by atoms with E-state index in [0.29, 0.717) is 0 Å². The molecule has 0 aliphatic heterocycles. The van der Waals surface area contributed by atoms with Gasteiger partial charge in [-0.2, -0.15) is 0 Å². The summed E-state index contributed by atoms with van der Waals surface area (Å²) in [5.41, 5.74) is 3.35. The molecule has 0 saturated carbocycles. The first-order chi connectivity index (χ1) is 9.28. The highest BCUT2D eigenvalue weighted by Crippen LogP contribution is 2.28. The van der Waals surface area contributed by atoms with Gasteiger partial charge in [0.2, 0.25) is 0 Å². The second-order valence-corrected chi connectivity index (χ2v) is 4.83. The van der Waals surface area contributed by atoms with Crippen molar-refractivity contribution in [2.75, 3.05) is 12.4 Å². The molecule has 0 fully saturated rings. The van der Waals surface area contributed by atoms with Crippen LogP contribution >= 0.6 is 0 Å². The van der Waals surface area contributed by atoms with E-state index >= 15 is 0 Å². The summed E-state index contributed by atoms with van der Waals surface area (Å²) in [4.78, 5) is 9.29. The monoisotopic (exact) mass is 255 g/mol. The van der Waals surface area contributed by atoms with Crippen molar-refractivity contribution >= 4 is 5.82 Å². The number of benzene rings is 1. The second kappa shape index (κ2) is 4.88. The average Bonchev–Trinajstić information content (AvgIpc) is 2.47. The standard InChI is InChI=1S/C15H17N3O/c1-16-15-12-4-2-3-5-13(12)17-14(18-15)10-6-8-11(19)9-7-10/h6-9,19H,2-5H2,1H3,(H,16,17,18). The number of hydrogen-bond acceptors (Lipinski definition) is 4. The van der Waals surface area contributed by atoms with Gasteiger partial charge in [-0.25, -0.2) is 9.97 Å². The summed E-state index contributed by atoms with van der Waals surface area (Å²) in [5, 5.41) is 12.5. The number of phenols is 1. The molecule has 98 valence electrons. The molecule has 0 spiro atoms. The smallest absolute Gasteiger partial charge is 0.161 e. The molecule has 0 bridgehead atoms. The van der Waals surface area contributed by atoms with Crippen LogP contribution in [0.25, 0.3) is 11.4 Å². The SMILES string of the molecule is CNc1nc(-c2ccc(O)cc2)nc2c1CCCC2. The van der Waals surface area contributed by atoms with Crippen molar-refractivity contribution in [2.24, 2.45) is 0 Å². The molecule has 4 nitrogen and oxygen atoms in total. The highest BCUT2D eigenvalue weighted by molar-refractivity contribution is 5.61. The number of nitrogens with one attached hydrogen (secondary N) is 1. The van der Waals surface area contributed by atoms with E-state index in [9.17, 15) is 5.11 Å². The van der Waals surface area contributed by atoms with Crippen LogP contribution in [0.5, 0.6) is 5.75 Å². The van der Waals surface area contributed by atoms with Gasteiger partial charge in [0, 0.05) is 23.9 Å². The van der Waals surface area contributed by atoms with E-state index in [2.05, 4.69) is 15.3 Å². The summed E-state index contributed by atoms with van der Waals surface area (Å²) in [6.07, 6.45) is 4.49. The summed E-state index contributed by atoms with van der Waals surface area (Å²) in [5.74, 6) is 1.92. The second-order valence-electron chi connectivity index (χ2n) is 4.83. The van der Waals surface area contributed by atoms with Crippen molar-refractivity contribution in [3.63, 3.8) is 0 Å². The highest BCUT2D eigenvalue weighted by Gasteiger charge is 2.17. The molecular formula is C15H17N3O. The lowest BCUT2D eigenvalue weighted by Crippen LogP contribution is -2.11. The Labute approximate surface area is 112 Å². The molecule has 2 aromatic rings. The van der Waals surface area contributed by atoms with Gasteiger partial charge in [-0.3, -0.25) is 0 Å². The number of aryl methyl sites for hydroxylation is 1. The third kappa shape index (κ3) is 2.26. The van der Waals surface area contributed by atoms with E-state index in [1.165, 1.54) is 18.4 Å². The largest absolute Gasteiger partial charge is 0.508 e. The van der Waals surface area contributed by atoms with Gasteiger partial charge in [0.25, 0.3) is 0 Å². The van der Waals surface area contributed by atoms with E-state index in [0.717, 1.165) is 35.7 Å². The summed E-state index contributed by atoms with van der Waals surface area (Å²) < 4.78 is 0. The minimum absolute atomic E-state index is 0.260. The van der Waals surface area contributed by atoms with Gasteiger partial charge >= 0.3 is 0 Å². The van der Waals surface area contributed by atoms with E-state index in [1.54, 1.807) is 12.1 Å². The Morgan fingerprint density at radius 2 is 1.79 bits per heavy atom. The molecule has 0 amide bonds. The first-order valence-electron chi connectivity index (χ1n) is 6.65. The Kier molecular flexibility index (Phi) is 3.07. The number of rotatable bonds is 2. The van der Waals surface area contributed by atoms with Crippen LogP contribution in [0.15, 0.2) is 24.3 Å². The molecule has 1 aliphatic rings. The lowest BCUT2D eigenvalue weighted by molar-refractivity contribution is 0.475. The number of phenolic OH excluding ortho intramolecular Hbond substituents is 1. The van der Waals surface area contributed by atoms with Gasteiger partial charge in [0.05, 0.1) is 0 Å². The highest BCUT2D eigenvalue weighted by atomic mass is 16.3. The predicted octanol–water partition coefficient (Wildman–Crippen LogP) is 2.77. The van der Waals surface area contributed by atoms with E-state index in [4.69, 9.17) is 0 Å². The summed E-state index contributed by atoms with van der Waals surface area (Å²) >= 11 is 0. The molecule has 0 radical (unpaired) electrons. The van der Waals surface area contributed by atoms with Gasteiger partial charge in [-0.1, -0.05) is 0 Å². The van der Waals surface area contributed by atoms with E-state index in [-0.39, 0.29) is 5.75 Å². The molecule has 19 heavy (non-hydrogen) atoms. The molecule has 4 heteroatoms. The lowest BCUT2D eigenvalue weighted by atomic mass is 9.96. The molecule has 1 aliphatic carbocycles. The fraction of sp³-hybridized carbons (Fsp3) is 0.333. The predicted molar refractivity (Wildman–Crippen MR) is 75.3 cm³/mol. The molecule has 1 aromatic heterocycles. The molecule has 0 atom stereocenters. The van der Waals surface area contributed by atoms with Crippen LogP contribution < -0.4 is 5.32 Å². The fourth-order valence-corrected chi connectivity index (χ4v) is 2.54. The molecule has 0 saturated heterocycles. The Morgan fingerprint density at radius 3 is 2.53 bits per heavy atom. The molecule has 1 heterocycles. The van der Waals surface area contributed by atoms with Crippen molar-refractivity contribution in [3.05, 3.63) is 35.5 Å². The van der Waals surface area contributed by atoms with E-state index < -0.39 is 0 Å². The maximum atomic E-state index is 9.34. The van der Waals surface area contributed by atoms with Gasteiger partial charge in [0.15, 0.2) is 5.82 Å². The van der Waals surface area contributed by atoms with Crippen molar-refractivity contribution in [1.29, 1.82) is 0 Å². The molecule has 3 rings (SSSR count). The summed E-state index contributed by atoms with van der Waals surface area (Å²) in [7, 11) is 1.90. The first-order valence-corrected chi connectivity index (χ1v) is 6.65. The third-order valence-electron chi connectivity index (χ3n) is 3.55. The zero-order valence-electron chi connectivity index (χ0n) is 11.0. The molecule has 1 aromatic carbocycles. The van der Waals surface area contributed by atoms with Gasteiger partial charge in [0.1, 0.15) is 11.6 Å². The van der Waals surface area contributed by atoms with E-state index in [1.807, 2.05) is 19.2 Å². The Hall–Kier alpha value is -2.10. The van der Waals surface area contributed by atoms with Crippen LogP contribution in [0.2, 0.25) is 0 Å². The third-order valence-corrected chi connectivity index (χ3v) is 3.55. The Balaban J connectivity index is 2.09. The van der Waals surface area contributed by atoms with Crippen LogP contribution in [0.3, 0.4) is 0 Å². The summed E-state index contributed by atoms with van der Waals surface area (Å²) in [6, 6.07) is 7.02. The number of fused-ring (bicyclic) bond motifs is 1. The number of anilines is 1. The quantitative estimate of drug-likeness (QED) is 0.866. The van der Waals surface area contributed by atoms with Gasteiger partial charge in [-0.05, 0) is 49.9 Å². The molecule has 0 unspecified atom stereocenters. The number of nitrogens with zero attached hydrogens (tertiary/aromatic N) is 2. The Morgan fingerprint density at radius 1 is 1.05 bits per heavy atom. The topological polar surface area (TPSA) is 58.0 Å². The maximum absolute atomic E-state index is 9.34.